The molecule has 4 heteroatoms. The van der Waals surface area contributed by atoms with Gasteiger partial charge in [0, 0.05) is 5.92 Å². The number of aliphatic hydroxyl groups is 2. The van der Waals surface area contributed by atoms with Crippen LogP contribution in [0.5, 0.6) is 0 Å². The predicted octanol–water partition coefficient (Wildman–Crippen LogP) is 15.8. The molecule has 12 aromatic rings. The van der Waals surface area contributed by atoms with Crippen molar-refractivity contribution in [2.75, 3.05) is 0 Å². The van der Waals surface area contributed by atoms with Crippen LogP contribution in [-0.4, -0.2) is 28.7 Å². The van der Waals surface area contributed by atoms with E-state index in [4.69, 9.17) is 9.47 Å². The normalized spacial score (nSPS) is 17.5. The van der Waals surface area contributed by atoms with E-state index < -0.39 is 29.7 Å². The Labute approximate surface area is 412 Å². The van der Waals surface area contributed by atoms with E-state index in [2.05, 4.69) is 218 Å². The van der Waals surface area contributed by atoms with Crippen molar-refractivity contribution >= 4 is 86.2 Å². The van der Waals surface area contributed by atoms with Crippen LogP contribution in [0.15, 0.2) is 218 Å². The molecule has 2 N–H and O–H groups in total. The van der Waals surface area contributed by atoms with Crippen LogP contribution < -0.4 is 0 Å². The molecule has 1 saturated carbocycles. The third-order valence-electron chi connectivity index (χ3n) is 16.4. The summed E-state index contributed by atoms with van der Waals surface area (Å²) < 4.78 is 15.5. The van der Waals surface area contributed by atoms with Gasteiger partial charge in [-0.1, -0.05) is 213 Å². The average molecular weight is 921 g/mol. The maximum atomic E-state index is 15.4. The number of hydrogen-bond acceptors (Lipinski definition) is 4. The summed E-state index contributed by atoms with van der Waals surface area (Å²) in [7, 11) is 0. The van der Waals surface area contributed by atoms with E-state index in [-0.39, 0.29) is 5.92 Å². The Hall–Kier alpha value is -7.44. The minimum Gasteiger partial charge on any atom is -0.377 e. The summed E-state index contributed by atoms with van der Waals surface area (Å²) in [6.45, 7) is 0. The summed E-state index contributed by atoms with van der Waals surface area (Å²) in [5.41, 5.74) is -1.08. The molecule has 2 aliphatic rings. The van der Waals surface area contributed by atoms with Gasteiger partial charge in [-0.2, -0.15) is 0 Å². The molecule has 0 bridgehead atoms. The standard InChI is InChI=1S/C67H52O4/c68-66(59-38-43-22-4-8-26-47(43)51-30-12-16-34-55(51)59,60-39-44-23-5-9-27-48(44)52-31-13-17-35-56(52)60)63-64(71-65(70-63)42-20-2-1-3-21-42)67(69,61-40-45-24-6-10-28-49(45)53-32-14-18-36-57(53)61)62-41-46-25-7-11-29-50(46)54-33-15-19-37-58(54)62/h4-19,22-42,63-65,68-69H,1-3,20-21H2/t63-,64-/m0/s1. The minimum absolute atomic E-state index is 0.0492. The fourth-order valence-corrected chi connectivity index (χ4v) is 13.1. The van der Waals surface area contributed by atoms with E-state index in [0.717, 1.165) is 118 Å². The zero-order chi connectivity index (χ0) is 47.3. The van der Waals surface area contributed by atoms with Crippen LogP contribution in [-0.2, 0) is 20.7 Å². The summed E-state index contributed by atoms with van der Waals surface area (Å²) in [6, 6.07) is 76.2. The zero-order valence-corrected chi connectivity index (χ0v) is 39.3. The second-order valence-corrected chi connectivity index (χ2v) is 20.2. The molecule has 2 fully saturated rings. The Morgan fingerprint density at radius 3 is 0.817 bits per heavy atom. The molecule has 1 aliphatic carbocycles. The highest BCUT2D eigenvalue weighted by molar-refractivity contribution is 6.14. The molecule has 1 heterocycles. The lowest BCUT2D eigenvalue weighted by Gasteiger charge is -2.44. The summed E-state index contributed by atoms with van der Waals surface area (Å²) in [5, 5.41) is 46.9. The number of benzene rings is 12. The van der Waals surface area contributed by atoms with Crippen LogP contribution in [0.4, 0.5) is 0 Å². The Kier molecular flexibility index (Phi) is 9.91. The fourth-order valence-electron chi connectivity index (χ4n) is 13.1. The number of ether oxygens (including phenoxy) is 2. The highest BCUT2D eigenvalue weighted by Gasteiger charge is 2.61. The highest BCUT2D eigenvalue weighted by Crippen LogP contribution is 2.55. The average Bonchev–Trinajstić information content (AvgIpc) is 3.91. The molecule has 0 radical (unpaired) electrons. The molecular formula is C67H52O4. The molecule has 0 unspecified atom stereocenters. The van der Waals surface area contributed by atoms with Gasteiger partial charge in [0.2, 0.25) is 0 Å². The molecule has 1 saturated heterocycles. The van der Waals surface area contributed by atoms with Crippen LogP contribution in [0.25, 0.3) is 86.2 Å². The van der Waals surface area contributed by atoms with Crippen molar-refractivity contribution < 1.29 is 19.7 Å². The van der Waals surface area contributed by atoms with Gasteiger partial charge in [-0.3, -0.25) is 0 Å². The van der Waals surface area contributed by atoms with E-state index >= 15 is 10.2 Å². The SMILES string of the molecule is OC(c1cc2ccccc2c2ccccc12)(c1cc2ccccc2c2ccccc12)[C@H]1OC(C2CCCCC2)O[C@@H]1C(O)(c1cc2ccccc2c2ccccc12)c1cc2ccccc2c2ccccc12. The summed E-state index contributed by atoms with van der Waals surface area (Å²) in [5.74, 6) is 0.0492. The minimum atomic E-state index is -1.94. The molecule has 0 spiro atoms. The number of rotatable bonds is 7. The van der Waals surface area contributed by atoms with Crippen LogP contribution in [0.3, 0.4) is 0 Å². The monoisotopic (exact) mass is 920 g/mol. The first kappa shape index (κ1) is 42.4. The molecular weight excluding hydrogens is 869 g/mol. The van der Waals surface area contributed by atoms with E-state index in [9.17, 15) is 0 Å². The van der Waals surface area contributed by atoms with Gasteiger partial charge in [0.1, 0.15) is 23.4 Å². The highest BCUT2D eigenvalue weighted by atomic mass is 16.7. The maximum absolute atomic E-state index is 15.4. The van der Waals surface area contributed by atoms with E-state index in [1.807, 2.05) is 0 Å². The Bertz CT molecular complexity index is 3580. The topological polar surface area (TPSA) is 58.9 Å². The van der Waals surface area contributed by atoms with Gasteiger partial charge in [0.05, 0.1) is 0 Å². The summed E-state index contributed by atoms with van der Waals surface area (Å²) in [4.78, 5) is 0. The molecule has 12 aromatic carbocycles. The third kappa shape index (κ3) is 6.45. The van der Waals surface area contributed by atoms with Crippen molar-refractivity contribution in [1.82, 2.24) is 0 Å². The first-order chi connectivity index (χ1) is 35.0. The van der Waals surface area contributed by atoms with Crippen LogP contribution in [0.2, 0.25) is 0 Å². The van der Waals surface area contributed by atoms with Gasteiger partial charge >= 0.3 is 0 Å². The molecule has 1 aliphatic heterocycles. The largest absolute Gasteiger partial charge is 0.377 e. The molecule has 344 valence electrons. The molecule has 0 amide bonds. The number of fused-ring (bicyclic) bond motifs is 12. The van der Waals surface area contributed by atoms with E-state index in [1.165, 1.54) is 0 Å². The van der Waals surface area contributed by atoms with Crippen LogP contribution in [0, 0.1) is 5.92 Å². The molecule has 2 atom stereocenters. The maximum Gasteiger partial charge on any atom is 0.161 e. The van der Waals surface area contributed by atoms with E-state index in [0.29, 0.717) is 22.3 Å². The van der Waals surface area contributed by atoms with Gasteiger partial charge in [-0.15, -0.1) is 0 Å². The first-order valence-corrected chi connectivity index (χ1v) is 25.4. The van der Waals surface area contributed by atoms with Crippen LogP contribution >= 0.6 is 0 Å². The lowest BCUT2D eigenvalue weighted by Crippen LogP contribution is -2.55. The van der Waals surface area contributed by atoms with Crippen molar-refractivity contribution in [3.05, 3.63) is 241 Å². The van der Waals surface area contributed by atoms with Gasteiger partial charge in [0.15, 0.2) is 6.29 Å². The van der Waals surface area contributed by atoms with Gasteiger partial charge < -0.3 is 19.7 Å². The Balaban J connectivity index is 1.16. The smallest absolute Gasteiger partial charge is 0.161 e. The second-order valence-electron chi connectivity index (χ2n) is 20.2. The molecule has 14 rings (SSSR count). The van der Waals surface area contributed by atoms with Crippen molar-refractivity contribution in [2.24, 2.45) is 5.92 Å². The Morgan fingerprint density at radius 2 is 0.535 bits per heavy atom. The molecule has 71 heavy (non-hydrogen) atoms. The summed E-state index contributed by atoms with van der Waals surface area (Å²) >= 11 is 0. The van der Waals surface area contributed by atoms with Gasteiger partial charge in [0.25, 0.3) is 0 Å². The van der Waals surface area contributed by atoms with Crippen molar-refractivity contribution in [3.63, 3.8) is 0 Å². The zero-order valence-electron chi connectivity index (χ0n) is 39.3. The Morgan fingerprint density at radius 1 is 0.296 bits per heavy atom. The van der Waals surface area contributed by atoms with Gasteiger partial charge in [-0.25, -0.2) is 0 Å². The first-order valence-electron chi connectivity index (χ1n) is 25.4. The number of hydrogen-bond donors (Lipinski definition) is 2. The molecule has 4 nitrogen and oxygen atoms in total. The van der Waals surface area contributed by atoms with Crippen molar-refractivity contribution in [3.8, 4) is 0 Å². The van der Waals surface area contributed by atoms with Crippen molar-refractivity contribution in [1.29, 1.82) is 0 Å². The van der Waals surface area contributed by atoms with E-state index in [1.54, 1.807) is 0 Å². The fraction of sp³-hybridized carbons (Fsp3) is 0.164. The quantitative estimate of drug-likeness (QED) is 0.156. The van der Waals surface area contributed by atoms with Crippen molar-refractivity contribution in [2.45, 2.75) is 61.8 Å². The molecule has 0 aromatic heterocycles. The van der Waals surface area contributed by atoms with Crippen LogP contribution in [0.1, 0.15) is 54.4 Å². The van der Waals surface area contributed by atoms with Gasteiger partial charge in [-0.05, 0) is 146 Å². The lowest BCUT2D eigenvalue weighted by atomic mass is 9.68. The summed E-state index contributed by atoms with van der Waals surface area (Å²) in [6.07, 6.45) is 2.09. The lowest BCUT2D eigenvalue weighted by molar-refractivity contribution is -0.140. The second kappa shape index (κ2) is 16.6. The third-order valence-corrected chi connectivity index (χ3v) is 16.4. The predicted molar refractivity (Wildman–Crippen MR) is 292 cm³/mol.